The number of ether oxygens (including phenoxy) is 1. The molecule has 0 radical (unpaired) electrons. The summed E-state index contributed by atoms with van der Waals surface area (Å²) in [5.41, 5.74) is 7.08. The van der Waals surface area contributed by atoms with E-state index in [1.807, 2.05) is 25.2 Å². The summed E-state index contributed by atoms with van der Waals surface area (Å²) in [6, 6.07) is 6.07. The summed E-state index contributed by atoms with van der Waals surface area (Å²) < 4.78 is 7.57. The molecule has 10 heteroatoms. The zero-order valence-corrected chi connectivity index (χ0v) is 21.6. The number of piperidine rings is 1. The van der Waals surface area contributed by atoms with Gasteiger partial charge in [-0.25, -0.2) is 9.78 Å². The smallest absolute Gasteiger partial charge is 0.349 e. The highest BCUT2D eigenvalue weighted by Gasteiger charge is 2.42. The van der Waals surface area contributed by atoms with Gasteiger partial charge in [-0.2, -0.15) is 4.98 Å². The van der Waals surface area contributed by atoms with E-state index in [0.29, 0.717) is 36.2 Å². The number of unbranched alkanes of at least 4 members (excludes halogenated alkanes) is 1. The number of likely N-dealkylation sites (tertiary alicyclic amines) is 1. The van der Waals surface area contributed by atoms with Crippen LogP contribution in [-0.2, 0) is 17.9 Å². The Morgan fingerprint density at radius 1 is 1.14 bits per heavy atom. The van der Waals surface area contributed by atoms with Crippen molar-refractivity contribution in [2.75, 3.05) is 45.2 Å². The fourth-order valence-corrected chi connectivity index (χ4v) is 4.49. The summed E-state index contributed by atoms with van der Waals surface area (Å²) in [4.78, 5) is 23.5. The minimum absolute atomic E-state index is 0. The zero-order valence-electron chi connectivity index (χ0n) is 20.7. The second kappa shape index (κ2) is 13.3. The first-order valence-corrected chi connectivity index (χ1v) is 12.5. The first-order chi connectivity index (χ1) is 16.5. The van der Waals surface area contributed by atoms with Gasteiger partial charge in [0.25, 0.3) is 0 Å². The van der Waals surface area contributed by atoms with Gasteiger partial charge < -0.3 is 26.0 Å². The topological polar surface area (TPSA) is 110 Å². The van der Waals surface area contributed by atoms with Crippen molar-refractivity contribution in [3.63, 3.8) is 0 Å². The number of aryl methyl sites for hydroxylation is 1. The molecule has 2 aromatic rings. The molecule has 1 saturated heterocycles. The van der Waals surface area contributed by atoms with Crippen molar-refractivity contribution >= 4 is 24.0 Å². The number of anilines is 2. The standard InChI is InChI=1S/C25H39N7O2.ClH/c1-27-18-25(9-10-25)19-34-17-20-4-5-22(28-16-20)29-23-8-15-32(24(33)30-23)12-3-2-11-31-13-6-21(26)7-14-31;/h4-5,8,15-16,21,27H,2-3,6-7,9-14,17-19,26H2,1H3,(H,28,29,30,33);1H. The van der Waals surface area contributed by atoms with Crippen LogP contribution in [0.25, 0.3) is 0 Å². The molecule has 2 aliphatic rings. The lowest BCUT2D eigenvalue weighted by atomic mass is 10.1. The molecule has 3 heterocycles. The highest BCUT2D eigenvalue weighted by Crippen LogP contribution is 2.45. The average Bonchev–Trinajstić information content (AvgIpc) is 3.60. The maximum absolute atomic E-state index is 12.4. The number of hydrogen-bond donors (Lipinski definition) is 3. The molecule has 0 aromatic carbocycles. The van der Waals surface area contributed by atoms with Crippen molar-refractivity contribution in [3.8, 4) is 0 Å². The molecule has 1 aliphatic carbocycles. The van der Waals surface area contributed by atoms with E-state index in [9.17, 15) is 4.79 Å². The molecule has 9 nitrogen and oxygen atoms in total. The normalized spacial score (nSPS) is 17.7. The Morgan fingerprint density at radius 3 is 2.57 bits per heavy atom. The fraction of sp³-hybridized carbons (Fsp3) is 0.640. The predicted molar refractivity (Wildman–Crippen MR) is 141 cm³/mol. The number of nitrogens with two attached hydrogens (primary N) is 1. The molecule has 1 aliphatic heterocycles. The van der Waals surface area contributed by atoms with Crippen molar-refractivity contribution in [2.45, 2.75) is 57.7 Å². The molecule has 1 saturated carbocycles. The minimum atomic E-state index is -0.241. The lowest BCUT2D eigenvalue weighted by Crippen LogP contribution is -2.40. The Hall–Kier alpha value is -2.04. The van der Waals surface area contributed by atoms with Crippen LogP contribution >= 0.6 is 12.4 Å². The van der Waals surface area contributed by atoms with Crippen molar-refractivity contribution in [1.29, 1.82) is 0 Å². The molecule has 4 rings (SSSR count). The highest BCUT2D eigenvalue weighted by atomic mass is 35.5. The monoisotopic (exact) mass is 505 g/mol. The highest BCUT2D eigenvalue weighted by molar-refractivity contribution is 5.85. The molecule has 0 bridgehead atoms. The Kier molecular flexibility index (Phi) is 10.5. The molecule has 2 aromatic heterocycles. The van der Waals surface area contributed by atoms with Gasteiger partial charge in [0.2, 0.25) is 0 Å². The van der Waals surface area contributed by atoms with Gasteiger partial charge in [0, 0.05) is 36.9 Å². The van der Waals surface area contributed by atoms with Crippen LogP contribution in [0.2, 0.25) is 0 Å². The molecule has 0 unspecified atom stereocenters. The van der Waals surface area contributed by atoms with E-state index in [2.05, 4.69) is 25.5 Å². The van der Waals surface area contributed by atoms with Crippen LogP contribution < -0.4 is 22.1 Å². The summed E-state index contributed by atoms with van der Waals surface area (Å²) in [7, 11) is 1.99. The molecule has 0 spiro atoms. The van der Waals surface area contributed by atoms with Crippen LogP contribution in [0.5, 0.6) is 0 Å². The van der Waals surface area contributed by atoms with E-state index in [1.165, 1.54) is 12.8 Å². The van der Waals surface area contributed by atoms with Crippen LogP contribution in [0, 0.1) is 5.41 Å². The number of hydrogen-bond acceptors (Lipinski definition) is 8. The second-order valence-electron chi connectivity index (χ2n) is 9.87. The Labute approximate surface area is 214 Å². The largest absolute Gasteiger partial charge is 0.376 e. The lowest BCUT2D eigenvalue weighted by molar-refractivity contribution is 0.0782. The SMILES string of the molecule is CNCC1(COCc2ccc(Nc3ccn(CCCCN4CCC(N)CC4)c(=O)n3)nc2)CC1.Cl. The third kappa shape index (κ3) is 8.54. The Morgan fingerprint density at radius 2 is 1.91 bits per heavy atom. The second-order valence-corrected chi connectivity index (χ2v) is 9.87. The van der Waals surface area contributed by atoms with Gasteiger partial charge in [0.1, 0.15) is 11.6 Å². The molecular weight excluding hydrogens is 466 g/mol. The molecular formula is C25H40ClN7O2. The van der Waals surface area contributed by atoms with Crippen LogP contribution in [0.3, 0.4) is 0 Å². The number of nitrogens with one attached hydrogen (secondary N) is 2. The number of nitrogens with zero attached hydrogens (tertiary/aromatic N) is 4. The maximum Gasteiger partial charge on any atom is 0.349 e. The van der Waals surface area contributed by atoms with Gasteiger partial charge in [0.15, 0.2) is 0 Å². The number of pyridine rings is 1. The number of halogens is 1. The summed E-state index contributed by atoms with van der Waals surface area (Å²) in [6.45, 7) is 6.26. The molecule has 0 atom stereocenters. The first-order valence-electron chi connectivity index (χ1n) is 12.5. The fourth-order valence-electron chi connectivity index (χ4n) is 4.49. The van der Waals surface area contributed by atoms with Crippen molar-refractivity contribution < 1.29 is 4.74 Å². The summed E-state index contributed by atoms with van der Waals surface area (Å²) >= 11 is 0. The van der Waals surface area contributed by atoms with Crippen molar-refractivity contribution in [2.24, 2.45) is 11.1 Å². The predicted octanol–water partition coefficient (Wildman–Crippen LogP) is 2.52. The molecule has 194 valence electrons. The third-order valence-corrected chi connectivity index (χ3v) is 6.90. The van der Waals surface area contributed by atoms with Crippen LogP contribution in [-0.4, -0.2) is 65.3 Å². The van der Waals surface area contributed by atoms with E-state index in [-0.39, 0.29) is 18.1 Å². The van der Waals surface area contributed by atoms with E-state index < -0.39 is 0 Å². The molecule has 35 heavy (non-hydrogen) atoms. The van der Waals surface area contributed by atoms with Crippen molar-refractivity contribution in [1.82, 2.24) is 24.8 Å². The Balaban J connectivity index is 0.00000342. The van der Waals surface area contributed by atoms with Crippen LogP contribution in [0.1, 0.15) is 44.1 Å². The van der Waals surface area contributed by atoms with Gasteiger partial charge >= 0.3 is 5.69 Å². The van der Waals surface area contributed by atoms with Gasteiger partial charge in [-0.3, -0.25) is 4.57 Å². The van der Waals surface area contributed by atoms with E-state index >= 15 is 0 Å². The van der Waals surface area contributed by atoms with Gasteiger partial charge in [-0.15, -0.1) is 12.4 Å². The lowest BCUT2D eigenvalue weighted by Gasteiger charge is -2.29. The number of aromatic nitrogens is 3. The third-order valence-electron chi connectivity index (χ3n) is 6.90. The van der Waals surface area contributed by atoms with E-state index in [4.69, 9.17) is 10.5 Å². The average molecular weight is 506 g/mol. The number of rotatable bonds is 13. The quantitative estimate of drug-likeness (QED) is 0.356. The minimum Gasteiger partial charge on any atom is -0.376 e. The van der Waals surface area contributed by atoms with Crippen LogP contribution in [0.4, 0.5) is 11.6 Å². The molecule has 2 fully saturated rings. The van der Waals surface area contributed by atoms with Gasteiger partial charge in [-0.05, 0) is 82.9 Å². The first kappa shape index (κ1) is 27.5. The Bertz CT molecular complexity index is 957. The van der Waals surface area contributed by atoms with Crippen molar-refractivity contribution in [3.05, 3.63) is 46.6 Å². The van der Waals surface area contributed by atoms with E-state index in [0.717, 1.165) is 64.0 Å². The molecule has 0 amide bonds. The summed E-state index contributed by atoms with van der Waals surface area (Å²) in [5, 5.41) is 6.37. The summed E-state index contributed by atoms with van der Waals surface area (Å²) in [6.07, 6.45) is 10.3. The van der Waals surface area contributed by atoms with Gasteiger partial charge in [-0.1, -0.05) is 6.07 Å². The van der Waals surface area contributed by atoms with Gasteiger partial charge in [0.05, 0.1) is 13.2 Å². The van der Waals surface area contributed by atoms with Crippen LogP contribution in [0.15, 0.2) is 35.4 Å². The summed E-state index contributed by atoms with van der Waals surface area (Å²) in [5.74, 6) is 1.16. The van der Waals surface area contributed by atoms with E-state index in [1.54, 1.807) is 17.0 Å². The molecule has 4 N–H and O–H groups in total. The maximum atomic E-state index is 12.4. The zero-order chi connectivity index (χ0) is 23.8.